The van der Waals surface area contributed by atoms with Gasteiger partial charge in [0.05, 0.1) is 21.9 Å². The van der Waals surface area contributed by atoms with Gasteiger partial charge in [0.15, 0.2) is 0 Å². The van der Waals surface area contributed by atoms with Crippen molar-refractivity contribution in [2.24, 2.45) is 0 Å². The van der Waals surface area contributed by atoms with Crippen molar-refractivity contribution in [3.8, 4) is 6.07 Å². The average molecular weight is 344 g/mol. The summed E-state index contributed by atoms with van der Waals surface area (Å²) in [5.41, 5.74) is -0.860. The second-order valence-electron chi connectivity index (χ2n) is 5.70. The maximum absolute atomic E-state index is 13.1. The van der Waals surface area contributed by atoms with Gasteiger partial charge in [-0.25, -0.2) is 0 Å². The molecular weight excluding hydrogens is 325 g/mol. The topological polar surface area (TPSA) is 44.1 Å². The molecule has 1 heterocycles. The molecule has 3 nitrogen and oxygen atoms in total. The Hall–Kier alpha value is -1.55. The van der Waals surface area contributed by atoms with Gasteiger partial charge in [0.1, 0.15) is 0 Å². The van der Waals surface area contributed by atoms with Crippen LogP contribution in [0.1, 0.15) is 37.8 Å². The summed E-state index contributed by atoms with van der Waals surface area (Å²) >= 11 is 0. The molecule has 0 saturated carbocycles. The monoisotopic (exact) mass is 344 g/mol. The first kappa shape index (κ1) is 17.8. The van der Waals surface area contributed by atoms with E-state index >= 15 is 0 Å². The highest BCUT2D eigenvalue weighted by Gasteiger charge is 2.40. The van der Waals surface area contributed by atoms with E-state index in [1.165, 1.54) is 12.1 Å². The number of hydrogen-bond acceptors (Lipinski definition) is 3. The number of nitrogens with zero attached hydrogens (tertiary/aromatic N) is 2. The number of halogens is 3. The van der Waals surface area contributed by atoms with E-state index in [9.17, 15) is 17.4 Å². The molecule has 1 saturated heterocycles. The number of anilines is 1. The number of benzene rings is 1. The quantitative estimate of drug-likeness (QED) is 0.840. The molecule has 1 fully saturated rings. The summed E-state index contributed by atoms with van der Waals surface area (Å²) in [6, 6.07) is 5.37. The van der Waals surface area contributed by atoms with Crippen molar-refractivity contribution < 1.29 is 17.4 Å². The van der Waals surface area contributed by atoms with Crippen molar-refractivity contribution in [1.29, 1.82) is 5.26 Å². The third-order valence-corrected chi connectivity index (χ3v) is 6.82. The molecule has 0 N–H and O–H groups in total. The van der Waals surface area contributed by atoms with Crippen molar-refractivity contribution >= 4 is 16.5 Å². The first-order valence-electron chi connectivity index (χ1n) is 7.52. The number of rotatable bonds is 3. The van der Waals surface area contributed by atoms with Gasteiger partial charge in [-0.15, -0.1) is 0 Å². The lowest BCUT2D eigenvalue weighted by Crippen LogP contribution is -2.53. The van der Waals surface area contributed by atoms with E-state index in [4.69, 9.17) is 5.26 Å². The predicted molar refractivity (Wildman–Crippen MR) is 84.7 cm³/mol. The van der Waals surface area contributed by atoms with Crippen LogP contribution < -0.4 is 4.90 Å². The van der Waals surface area contributed by atoms with Crippen LogP contribution in [0.2, 0.25) is 0 Å². The van der Waals surface area contributed by atoms with Crippen molar-refractivity contribution in [1.82, 2.24) is 0 Å². The Kier molecular flexibility index (Phi) is 5.04. The first-order valence-corrected chi connectivity index (χ1v) is 8.84. The van der Waals surface area contributed by atoms with Gasteiger partial charge in [0.2, 0.25) is 0 Å². The van der Waals surface area contributed by atoms with E-state index in [-0.39, 0.29) is 10.3 Å². The molecule has 7 heteroatoms. The molecule has 1 unspecified atom stereocenters. The van der Waals surface area contributed by atoms with Crippen LogP contribution in [0.5, 0.6) is 0 Å². The molecule has 2 rings (SSSR count). The summed E-state index contributed by atoms with van der Waals surface area (Å²) in [7, 11) is -0.976. The van der Waals surface area contributed by atoms with Crippen LogP contribution in [0.25, 0.3) is 0 Å². The van der Waals surface area contributed by atoms with E-state index in [2.05, 4.69) is 0 Å². The molecule has 0 radical (unpaired) electrons. The van der Waals surface area contributed by atoms with Crippen LogP contribution >= 0.6 is 0 Å². The molecular formula is C16H19F3N2OS. The fourth-order valence-electron chi connectivity index (χ4n) is 2.99. The molecule has 1 aliphatic rings. The smallest absolute Gasteiger partial charge is 0.369 e. The van der Waals surface area contributed by atoms with Gasteiger partial charge in [-0.1, -0.05) is 13.8 Å². The average Bonchev–Trinajstić information content (AvgIpc) is 2.54. The summed E-state index contributed by atoms with van der Waals surface area (Å²) < 4.78 is 51.3. The normalized spacial score (nSPS) is 21.0. The highest BCUT2D eigenvalue weighted by molar-refractivity contribution is 7.86. The molecule has 126 valence electrons. The molecule has 1 atom stereocenters. The maximum Gasteiger partial charge on any atom is 0.417 e. The van der Waals surface area contributed by atoms with Crippen LogP contribution in [-0.4, -0.2) is 27.8 Å². The van der Waals surface area contributed by atoms with Gasteiger partial charge in [-0.3, -0.25) is 4.21 Å². The lowest BCUT2D eigenvalue weighted by molar-refractivity contribution is -0.137. The third kappa shape index (κ3) is 3.37. The largest absolute Gasteiger partial charge is 0.417 e. The third-order valence-electron chi connectivity index (χ3n) is 4.59. The minimum Gasteiger partial charge on any atom is -0.369 e. The van der Waals surface area contributed by atoms with Crippen molar-refractivity contribution in [2.75, 3.05) is 23.7 Å². The summed E-state index contributed by atoms with van der Waals surface area (Å²) in [5, 5.41) is 8.87. The Morgan fingerprint density at radius 2 is 2.00 bits per heavy atom. The van der Waals surface area contributed by atoms with Crippen LogP contribution in [-0.2, 0) is 17.0 Å². The zero-order valence-corrected chi connectivity index (χ0v) is 13.9. The Morgan fingerprint density at radius 3 is 2.52 bits per heavy atom. The van der Waals surface area contributed by atoms with Crippen LogP contribution in [0.3, 0.4) is 0 Å². The second-order valence-corrected chi connectivity index (χ2v) is 7.67. The molecule has 0 bridgehead atoms. The lowest BCUT2D eigenvalue weighted by Gasteiger charge is -2.42. The van der Waals surface area contributed by atoms with Gasteiger partial charge in [0.25, 0.3) is 0 Å². The Labute approximate surface area is 136 Å². The Balaban J connectivity index is 2.40. The van der Waals surface area contributed by atoms with Gasteiger partial charge >= 0.3 is 6.18 Å². The van der Waals surface area contributed by atoms with Gasteiger partial charge in [-0.2, -0.15) is 18.4 Å². The summed E-state index contributed by atoms with van der Waals surface area (Å²) in [4.78, 5) is 1.85. The molecule has 1 aromatic carbocycles. The molecule has 0 aromatic heterocycles. The highest BCUT2D eigenvalue weighted by atomic mass is 32.2. The summed E-state index contributed by atoms with van der Waals surface area (Å²) in [6.07, 6.45) is -3.13. The van der Waals surface area contributed by atoms with E-state index in [1.54, 1.807) is 6.07 Å². The van der Waals surface area contributed by atoms with Crippen molar-refractivity contribution in [2.45, 2.75) is 37.6 Å². The highest BCUT2D eigenvalue weighted by Crippen LogP contribution is 2.36. The predicted octanol–water partition coefficient (Wildman–Crippen LogP) is 3.70. The van der Waals surface area contributed by atoms with E-state index < -0.39 is 22.5 Å². The zero-order chi connectivity index (χ0) is 17.3. The van der Waals surface area contributed by atoms with Crippen molar-refractivity contribution in [3.05, 3.63) is 29.3 Å². The molecule has 0 aliphatic carbocycles. The van der Waals surface area contributed by atoms with Gasteiger partial charge < -0.3 is 4.90 Å². The maximum atomic E-state index is 13.1. The molecule has 1 aromatic rings. The summed E-state index contributed by atoms with van der Waals surface area (Å²) in [5.74, 6) is 0.447. The fourth-order valence-corrected chi connectivity index (χ4v) is 4.75. The molecule has 23 heavy (non-hydrogen) atoms. The minimum atomic E-state index is -4.56. The van der Waals surface area contributed by atoms with Crippen LogP contribution in [0, 0.1) is 11.3 Å². The van der Waals surface area contributed by atoms with E-state index in [1.807, 2.05) is 18.7 Å². The lowest BCUT2D eigenvalue weighted by atomic mass is 10.00. The fraction of sp³-hybridized carbons (Fsp3) is 0.562. The minimum absolute atomic E-state index is 0.376. The molecule has 0 amide bonds. The Bertz CT molecular complexity index is 648. The van der Waals surface area contributed by atoms with Crippen LogP contribution in [0.15, 0.2) is 18.2 Å². The molecule has 1 aliphatic heterocycles. The van der Waals surface area contributed by atoms with Crippen molar-refractivity contribution in [3.63, 3.8) is 0 Å². The standard InChI is InChI=1S/C16H19F3N2OS/c1-3-15(4-2)11-21(7-8-23(15)22)13-6-5-12(10-20)14(9-13)16(17,18)19/h5-6,9H,3-4,7-8,11H2,1-2H3. The summed E-state index contributed by atoms with van der Waals surface area (Å²) in [6.45, 7) is 4.85. The second kappa shape index (κ2) is 6.52. The van der Waals surface area contributed by atoms with Crippen LogP contribution in [0.4, 0.5) is 18.9 Å². The van der Waals surface area contributed by atoms with Gasteiger partial charge in [0, 0.05) is 35.3 Å². The SMILES string of the molecule is CCC1(CC)CN(c2ccc(C#N)c(C(F)(F)F)c2)CCS1=O. The van der Waals surface area contributed by atoms with E-state index in [0.29, 0.717) is 24.5 Å². The van der Waals surface area contributed by atoms with E-state index in [0.717, 1.165) is 18.9 Å². The number of hydrogen-bond donors (Lipinski definition) is 0. The first-order chi connectivity index (χ1) is 10.8. The Morgan fingerprint density at radius 1 is 1.35 bits per heavy atom. The zero-order valence-electron chi connectivity index (χ0n) is 13.1. The molecule has 0 spiro atoms. The number of alkyl halides is 3. The van der Waals surface area contributed by atoms with Gasteiger partial charge in [-0.05, 0) is 31.0 Å². The number of nitriles is 1.